The maximum atomic E-state index is 13.2. The number of benzene rings is 1. The van der Waals surface area contributed by atoms with Crippen molar-refractivity contribution >= 4 is 10.0 Å². The Kier molecular flexibility index (Phi) is 3.70. The van der Waals surface area contributed by atoms with Crippen LogP contribution in [0.4, 0.5) is 4.39 Å². The standard InChI is InChI=1S/C12H17FN2O2S/c1-15(8-9-2-3-9)18(16,17)12-6-11(13)5-4-10(12)7-14/h4-6,9H,2-3,7-8,14H2,1H3. The molecule has 1 saturated carbocycles. The molecule has 1 aromatic rings. The van der Waals surface area contributed by atoms with E-state index < -0.39 is 15.8 Å². The summed E-state index contributed by atoms with van der Waals surface area (Å²) >= 11 is 0. The van der Waals surface area contributed by atoms with Crippen molar-refractivity contribution in [3.8, 4) is 0 Å². The summed E-state index contributed by atoms with van der Waals surface area (Å²) in [5.41, 5.74) is 5.95. The van der Waals surface area contributed by atoms with Gasteiger partial charge in [0.25, 0.3) is 0 Å². The van der Waals surface area contributed by atoms with Gasteiger partial charge in [0.15, 0.2) is 0 Å². The summed E-state index contributed by atoms with van der Waals surface area (Å²) in [6.45, 7) is 0.564. The van der Waals surface area contributed by atoms with Crippen molar-refractivity contribution in [3.63, 3.8) is 0 Å². The second-order valence-electron chi connectivity index (χ2n) is 4.69. The lowest BCUT2D eigenvalue weighted by Crippen LogP contribution is -2.30. The van der Waals surface area contributed by atoms with Gasteiger partial charge in [-0.2, -0.15) is 0 Å². The van der Waals surface area contributed by atoms with E-state index in [1.807, 2.05) is 0 Å². The van der Waals surface area contributed by atoms with Crippen molar-refractivity contribution in [2.24, 2.45) is 11.7 Å². The van der Waals surface area contributed by atoms with Gasteiger partial charge >= 0.3 is 0 Å². The van der Waals surface area contributed by atoms with Crippen molar-refractivity contribution in [2.45, 2.75) is 24.3 Å². The Labute approximate surface area is 107 Å². The predicted molar refractivity (Wildman–Crippen MR) is 66.8 cm³/mol. The maximum absolute atomic E-state index is 13.2. The predicted octanol–water partition coefficient (Wildman–Crippen LogP) is 1.31. The van der Waals surface area contributed by atoms with Crippen LogP contribution in [0.1, 0.15) is 18.4 Å². The van der Waals surface area contributed by atoms with E-state index in [-0.39, 0.29) is 11.4 Å². The molecule has 0 aliphatic heterocycles. The van der Waals surface area contributed by atoms with Crippen molar-refractivity contribution < 1.29 is 12.8 Å². The number of nitrogens with two attached hydrogens (primary N) is 1. The minimum absolute atomic E-state index is 0.0202. The smallest absolute Gasteiger partial charge is 0.243 e. The summed E-state index contributed by atoms with van der Waals surface area (Å²) in [6, 6.07) is 3.69. The van der Waals surface area contributed by atoms with Crippen LogP contribution in [0, 0.1) is 11.7 Å². The molecular formula is C12H17FN2O2S. The third kappa shape index (κ3) is 2.71. The van der Waals surface area contributed by atoms with Crippen LogP contribution in [-0.2, 0) is 16.6 Å². The van der Waals surface area contributed by atoms with E-state index >= 15 is 0 Å². The molecule has 6 heteroatoms. The molecule has 18 heavy (non-hydrogen) atoms. The van der Waals surface area contributed by atoms with Gasteiger partial charge in [-0.25, -0.2) is 17.1 Å². The molecule has 2 N–H and O–H groups in total. The third-order valence-electron chi connectivity index (χ3n) is 3.15. The molecule has 0 saturated heterocycles. The molecule has 4 nitrogen and oxygen atoms in total. The van der Waals surface area contributed by atoms with Gasteiger partial charge in [-0.15, -0.1) is 0 Å². The first-order chi connectivity index (χ1) is 8.45. The van der Waals surface area contributed by atoms with Gasteiger partial charge in [-0.1, -0.05) is 6.07 Å². The van der Waals surface area contributed by atoms with Crippen molar-refractivity contribution in [1.82, 2.24) is 4.31 Å². The Morgan fingerprint density at radius 3 is 2.67 bits per heavy atom. The molecule has 1 fully saturated rings. The summed E-state index contributed by atoms with van der Waals surface area (Å²) in [5.74, 6) is -0.120. The van der Waals surface area contributed by atoms with Crippen molar-refractivity contribution in [1.29, 1.82) is 0 Å². The summed E-state index contributed by atoms with van der Waals surface area (Å²) < 4.78 is 39.2. The normalized spacial score (nSPS) is 16.2. The Balaban J connectivity index is 2.35. The van der Waals surface area contributed by atoms with E-state index in [4.69, 9.17) is 5.73 Å². The monoisotopic (exact) mass is 272 g/mol. The van der Waals surface area contributed by atoms with E-state index in [0.717, 1.165) is 18.9 Å². The van der Waals surface area contributed by atoms with Gasteiger partial charge in [0, 0.05) is 20.1 Å². The van der Waals surface area contributed by atoms with Gasteiger partial charge < -0.3 is 5.73 Å². The molecule has 0 atom stereocenters. The molecule has 1 aromatic carbocycles. The molecule has 2 rings (SSSR count). The Hall–Kier alpha value is -0.980. The van der Waals surface area contributed by atoms with Crippen LogP contribution < -0.4 is 5.73 Å². The highest BCUT2D eigenvalue weighted by molar-refractivity contribution is 7.89. The molecule has 1 aliphatic rings. The van der Waals surface area contributed by atoms with Crippen LogP contribution in [0.3, 0.4) is 0 Å². The number of nitrogens with zero attached hydrogens (tertiary/aromatic N) is 1. The largest absolute Gasteiger partial charge is 0.326 e. The fourth-order valence-corrected chi connectivity index (χ4v) is 3.35. The zero-order chi connectivity index (χ0) is 13.3. The Morgan fingerprint density at radius 2 is 2.11 bits per heavy atom. The molecular weight excluding hydrogens is 255 g/mol. The van der Waals surface area contributed by atoms with Gasteiger partial charge in [-0.05, 0) is 36.5 Å². The highest BCUT2D eigenvalue weighted by Gasteiger charge is 2.30. The average Bonchev–Trinajstić information content (AvgIpc) is 3.12. The SMILES string of the molecule is CN(CC1CC1)S(=O)(=O)c1cc(F)ccc1CN. The van der Waals surface area contributed by atoms with Crippen molar-refractivity contribution in [3.05, 3.63) is 29.6 Å². The highest BCUT2D eigenvalue weighted by atomic mass is 32.2. The second-order valence-corrected chi connectivity index (χ2v) is 6.70. The Bertz CT molecular complexity index is 541. The summed E-state index contributed by atoms with van der Waals surface area (Å²) in [6.07, 6.45) is 2.12. The first-order valence-electron chi connectivity index (χ1n) is 5.90. The average molecular weight is 272 g/mol. The number of rotatable bonds is 5. The number of sulfonamides is 1. The molecule has 1 aliphatic carbocycles. The van der Waals surface area contributed by atoms with Gasteiger partial charge in [0.2, 0.25) is 10.0 Å². The number of hydrogen-bond donors (Lipinski definition) is 1. The molecule has 0 bridgehead atoms. The van der Waals surface area contributed by atoms with E-state index in [2.05, 4.69) is 0 Å². The van der Waals surface area contributed by atoms with Crippen LogP contribution >= 0.6 is 0 Å². The first-order valence-corrected chi connectivity index (χ1v) is 7.34. The number of halogens is 1. The third-order valence-corrected chi connectivity index (χ3v) is 5.06. The topological polar surface area (TPSA) is 63.4 Å². The second kappa shape index (κ2) is 4.95. The van der Waals surface area contributed by atoms with Crippen LogP contribution in [0.5, 0.6) is 0 Å². The minimum Gasteiger partial charge on any atom is -0.326 e. The minimum atomic E-state index is -3.65. The maximum Gasteiger partial charge on any atom is 0.243 e. The van der Waals surface area contributed by atoms with E-state index in [0.29, 0.717) is 18.0 Å². The molecule has 100 valence electrons. The zero-order valence-electron chi connectivity index (χ0n) is 10.3. The Morgan fingerprint density at radius 1 is 1.44 bits per heavy atom. The van der Waals surface area contributed by atoms with Gasteiger partial charge in [0.05, 0.1) is 4.90 Å². The molecule has 0 spiro atoms. The van der Waals surface area contributed by atoms with Gasteiger partial charge in [-0.3, -0.25) is 0 Å². The summed E-state index contributed by atoms with van der Waals surface area (Å²) in [5, 5.41) is 0. The summed E-state index contributed by atoms with van der Waals surface area (Å²) in [4.78, 5) is -0.0202. The fourth-order valence-electron chi connectivity index (χ4n) is 1.87. The highest BCUT2D eigenvalue weighted by Crippen LogP contribution is 2.31. The van der Waals surface area contributed by atoms with Crippen LogP contribution in [0.2, 0.25) is 0 Å². The molecule has 0 amide bonds. The zero-order valence-corrected chi connectivity index (χ0v) is 11.1. The quantitative estimate of drug-likeness (QED) is 0.879. The van der Waals surface area contributed by atoms with Crippen LogP contribution in [0.25, 0.3) is 0 Å². The van der Waals surface area contributed by atoms with E-state index in [9.17, 15) is 12.8 Å². The molecule has 0 heterocycles. The summed E-state index contributed by atoms with van der Waals surface area (Å²) in [7, 11) is -2.12. The van der Waals surface area contributed by atoms with Gasteiger partial charge in [0.1, 0.15) is 5.82 Å². The lowest BCUT2D eigenvalue weighted by Gasteiger charge is -2.18. The van der Waals surface area contributed by atoms with E-state index in [1.54, 1.807) is 0 Å². The molecule has 0 radical (unpaired) electrons. The van der Waals surface area contributed by atoms with Crippen LogP contribution in [0.15, 0.2) is 23.1 Å². The first kappa shape index (κ1) is 13.5. The van der Waals surface area contributed by atoms with E-state index in [1.165, 1.54) is 23.5 Å². The molecule has 0 aromatic heterocycles. The molecule has 0 unspecified atom stereocenters. The lowest BCUT2D eigenvalue weighted by molar-refractivity contribution is 0.451. The van der Waals surface area contributed by atoms with Crippen LogP contribution in [-0.4, -0.2) is 26.3 Å². The lowest BCUT2D eigenvalue weighted by atomic mass is 10.2. The van der Waals surface area contributed by atoms with Crippen molar-refractivity contribution in [2.75, 3.05) is 13.6 Å². The fraction of sp³-hybridized carbons (Fsp3) is 0.500. The number of hydrogen-bond acceptors (Lipinski definition) is 3.